The number of fused-ring (bicyclic) bond motifs is 1. The molecule has 0 aliphatic heterocycles. The molecule has 18 heavy (non-hydrogen) atoms. The highest BCUT2D eigenvalue weighted by Gasteiger charge is 2.23. The maximum Gasteiger partial charge on any atom is 0.0995 e. The van der Waals surface area contributed by atoms with Crippen molar-refractivity contribution in [3.63, 3.8) is 0 Å². The molecule has 0 aliphatic rings. The van der Waals surface area contributed by atoms with Gasteiger partial charge in [-0.05, 0) is 40.4 Å². The van der Waals surface area contributed by atoms with Crippen molar-refractivity contribution in [2.45, 2.75) is 39.2 Å². The highest BCUT2D eigenvalue weighted by atomic mass is 79.9. The Bertz CT molecular complexity index is 523. The van der Waals surface area contributed by atoms with Gasteiger partial charge in [0.15, 0.2) is 0 Å². The molecule has 98 valence electrons. The summed E-state index contributed by atoms with van der Waals surface area (Å²) >= 11 is 3.54. The minimum Gasteiger partial charge on any atom is -0.387 e. The molecule has 0 amide bonds. The number of hydrogen-bond donors (Lipinski definition) is 1. The standard InChI is InChI=1S/C14H19BrN2O/c1-3-5-10(4-2)14(18)13-12(15)7-6-11-8-16-9-17(11)13/h6-10,14,18H,3-5H2,1-2H3. The van der Waals surface area contributed by atoms with Gasteiger partial charge in [0.1, 0.15) is 0 Å². The molecule has 2 aromatic heterocycles. The first-order valence-corrected chi connectivity index (χ1v) is 7.26. The molecule has 2 atom stereocenters. The van der Waals surface area contributed by atoms with E-state index in [1.54, 1.807) is 6.33 Å². The van der Waals surface area contributed by atoms with Crippen LogP contribution in [-0.2, 0) is 0 Å². The van der Waals surface area contributed by atoms with Gasteiger partial charge in [-0.15, -0.1) is 0 Å². The van der Waals surface area contributed by atoms with Crippen molar-refractivity contribution in [3.05, 3.63) is 34.8 Å². The summed E-state index contributed by atoms with van der Waals surface area (Å²) < 4.78 is 2.91. The number of nitrogens with zero attached hydrogens (tertiary/aromatic N) is 2. The van der Waals surface area contributed by atoms with E-state index in [1.807, 2.05) is 22.7 Å². The summed E-state index contributed by atoms with van der Waals surface area (Å²) in [6.07, 6.45) is 6.22. The second-order valence-corrected chi connectivity index (χ2v) is 5.51. The van der Waals surface area contributed by atoms with E-state index in [2.05, 4.69) is 34.8 Å². The fraction of sp³-hybridized carbons (Fsp3) is 0.500. The Balaban J connectivity index is 2.45. The molecular formula is C14H19BrN2O. The lowest BCUT2D eigenvalue weighted by atomic mass is 9.92. The SMILES string of the molecule is CCCC(CC)C(O)c1c(Br)ccc2cncn12. The average Bonchev–Trinajstić information content (AvgIpc) is 2.83. The Morgan fingerprint density at radius 3 is 2.83 bits per heavy atom. The van der Waals surface area contributed by atoms with Crippen LogP contribution in [0, 0.1) is 5.92 Å². The summed E-state index contributed by atoms with van der Waals surface area (Å²) in [5.74, 6) is 0.291. The van der Waals surface area contributed by atoms with Gasteiger partial charge in [-0.1, -0.05) is 26.7 Å². The van der Waals surface area contributed by atoms with E-state index in [4.69, 9.17) is 0 Å². The predicted octanol–water partition coefficient (Wildman–Crippen LogP) is 3.96. The summed E-state index contributed by atoms with van der Waals surface area (Å²) in [6, 6.07) is 3.97. The van der Waals surface area contributed by atoms with E-state index >= 15 is 0 Å². The molecular weight excluding hydrogens is 292 g/mol. The maximum atomic E-state index is 10.6. The molecule has 0 aromatic carbocycles. The second kappa shape index (κ2) is 5.85. The summed E-state index contributed by atoms with van der Waals surface area (Å²) in [6.45, 7) is 4.29. The van der Waals surface area contributed by atoms with Crippen molar-refractivity contribution in [2.24, 2.45) is 5.92 Å². The van der Waals surface area contributed by atoms with Gasteiger partial charge in [-0.2, -0.15) is 0 Å². The van der Waals surface area contributed by atoms with Crippen molar-refractivity contribution in [1.82, 2.24) is 9.38 Å². The first-order valence-electron chi connectivity index (χ1n) is 6.47. The van der Waals surface area contributed by atoms with Crippen LogP contribution in [0.1, 0.15) is 44.9 Å². The van der Waals surface area contributed by atoms with Gasteiger partial charge >= 0.3 is 0 Å². The van der Waals surface area contributed by atoms with Gasteiger partial charge in [0.05, 0.1) is 29.8 Å². The summed E-state index contributed by atoms with van der Waals surface area (Å²) in [4.78, 5) is 4.15. The molecule has 0 radical (unpaired) electrons. The first-order chi connectivity index (χ1) is 8.69. The van der Waals surface area contributed by atoms with Gasteiger partial charge in [-0.3, -0.25) is 4.40 Å². The zero-order valence-corrected chi connectivity index (χ0v) is 12.4. The smallest absolute Gasteiger partial charge is 0.0995 e. The lowest BCUT2D eigenvalue weighted by molar-refractivity contribution is 0.0940. The third-order valence-electron chi connectivity index (χ3n) is 3.48. The minimum atomic E-state index is -0.456. The number of aromatic nitrogens is 2. The molecule has 0 fully saturated rings. The van der Waals surface area contributed by atoms with Crippen LogP contribution in [0.25, 0.3) is 5.52 Å². The minimum absolute atomic E-state index is 0.291. The normalized spacial score (nSPS) is 14.9. The van der Waals surface area contributed by atoms with E-state index in [9.17, 15) is 5.11 Å². The van der Waals surface area contributed by atoms with Crippen LogP contribution in [-0.4, -0.2) is 14.5 Å². The van der Waals surface area contributed by atoms with E-state index in [-0.39, 0.29) is 0 Å². The van der Waals surface area contributed by atoms with Gasteiger partial charge in [0, 0.05) is 4.47 Å². The summed E-state index contributed by atoms with van der Waals surface area (Å²) in [5, 5.41) is 10.6. The lowest BCUT2D eigenvalue weighted by Gasteiger charge is -2.23. The van der Waals surface area contributed by atoms with Crippen molar-refractivity contribution in [1.29, 1.82) is 0 Å². The van der Waals surface area contributed by atoms with Crippen molar-refractivity contribution < 1.29 is 5.11 Å². The molecule has 2 aromatic rings. The van der Waals surface area contributed by atoms with Gasteiger partial charge in [0.2, 0.25) is 0 Å². The molecule has 4 heteroatoms. The second-order valence-electron chi connectivity index (χ2n) is 4.66. The largest absolute Gasteiger partial charge is 0.387 e. The number of pyridine rings is 1. The van der Waals surface area contributed by atoms with E-state index in [0.29, 0.717) is 5.92 Å². The molecule has 0 bridgehead atoms. The molecule has 3 nitrogen and oxygen atoms in total. The van der Waals surface area contributed by atoms with Gasteiger partial charge in [-0.25, -0.2) is 4.98 Å². The van der Waals surface area contributed by atoms with E-state index in [1.165, 1.54) is 0 Å². The first kappa shape index (κ1) is 13.6. The van der Waals surface area contributed by atoms with Crippen LogP contribution < -0.4 is 0 Å². The molecule has 2 rings (SSSR count). The Hall–Kier alpha value is -0.870. The fourth-order valence-corrected chi connectivity index (χ4v) is 3.01. The highest BCUT2D eigenvalue weighted by Crippen LogP contribution is 2.33. The predicted molar refractivity (Wildman–Crippen MR) is 76.5 cm³/mol. The Labute approximate surface area is 116 Å². The number of hydrogen-bond acceptors (Lipinski definition) is 2. The Morgan fingerprint density at radius 2 is 2.17 bits per heavy atom. The average molecular weight is 311 g/mol. The van der Waals surface area contributed by atoms with Crippen molar-refractivity contribution in [2.75, 3.05) is 0 Å². The third kappa shape index (κ3) is 2.45. The Morgan fingerprint density at radius 1 is 1.39 bits per heavy atom. The topological polar surface area (TPSA) is 37.5 Å². The third-order valence-corrected chi connectivity index (χ3v) is 4.15. The molecule has 1 N–H and O–H groups in total. The molecule has 2 heterocycles. The quantitative estimate of drug-likeness (QED) is 0.907. The molecule has 0 spiro atoms. The van der Waals surface area contributed by atoms with Crippen LogP contribution in [0.3, 0.4) is 0 Å². The summed E-state index contributed by atoms with van der Waals surface area (Å²) in [5.41, 5.74) is 1.92. The number of rotatable bonds is 5. The zero-order valence-electron chi connectivity index (χ0n) is 10.8. The van der Waals surface area contributed by atoms with E-state index < -0.39 is 6.10 Å². The number of halogens is 1. The highest BCUT2D eigenvalue weighted by molar-refractivity contribution is 9.10. The molecule has 0 saturated carbocycles. The Kier molecular flexibility index (Phi) is 4.40. The zero-order chi connectivity index (χ0) is 13.1. The number of aliphatic hydroxyl groups excluding tert-OH is 1. The van der Waals surface area contributed by atoms with Crippen LogP contribution in [0.2, 0.25) is 0 Å². The van der Waals surface area contributed by atoms with Crippen LogP contribution in [0.15, 0.2) is 29.1 Å². The lowest BCUT2D eigenvalue weighted by Crippen LogP contribution is -2.15. The maximum absolute atomic E-state index is 10.6. The molecule has 0 aliphatic carbocycles. The molecule has 2 unspecified atom stereocenters. The van der Waals surface area contributed by atoms with Gasteiger partial charge < -0.3 is 5.11 Å². The monoisotopic (exact) mass is 310 g/mol. The van der Waals surface area contributed by atoms with Crippen molar-refractivity contribution >= 4 is 21.4 Å². The fourth-order valence-electron chi connectivity index (χ4n) is 2.45. The van der Waals surface area contributed by atoms with Crippen LogP contribution >= 0.6 is 15.9 Å². The van der Waals surface area contributed by atoms with Crippen molar-refractivity contribution in [3.8, 4) is 0 Å². The number of aliphatic hydroxyl groups is 1. The van der Waals surface area contributed by atoms with Crippen LogP contribution in [0.5, 0.6) is 0 Å². The van der Waals surface area contributed by atoms with E-state index in [0.717, 1.165) is 34.9 Å². The van der Waals surface area contributed by atoms with Crippen LogP contribution in [0.4, 0.5) is 0 Å². The summed E-state index contributed by atoms with van der Waals surface area (Å²) in [7, 11) is 0. The number of imidazole rings is 1. The molecule has 0 saturated heterocycles. The van der Waals surface area contributed by atoms with Gasteiger partial charge in [0.25, 0.3) is 0 Å².